The Bertz CT molecular complexity index is 1050. The van der Waals surface area contributed by atoms with E-state index >= 15 is 0 Å². The number of halogens is 3. The molecule has 1 unspecified atom stereocenters. The van der Waals surface area contributed by atoms with Gasteiger partial charge in [-0.25, -0.2) is 4.79 Å². The molecule has 1 N–H and O–H groups in total. The van der Waals surface area contributed by atoms with E-state index in [1.807, 2.05) is 47.9 Å². The Labute approximate surface area is 188 Å². The van der Waals surface area contributed by atoms with Crippen LogP contribution in [0.2, 0.25) is 0 Å². The van der Waals surface area contributed by atoms with Crippen LogP contribution in [0.1, 0.15) is 28.6 Å². The molecule has 0 saturated heterocycles. The summed E-state index contributed by atoms with van der Waals surface area (Å²) in [5.74, 6) is -2.76. The maximum Gasteiger partial charge on any atom is 0.490 e. The van der Waals surface area contributed by atoms with Crippen molar-refractivity contribution in [2.45, 2.75) is 31.8 Å². The molecule has 0 radical (unpaired) electrons. The highest BCUT2D eigenvalue weighted by Crippen LogP contribution is 2.29. The highest BCUT2D eigenvalue weighted by Gasteiger charge is 2.38. The third kappa shape index (κ3) is 6.62. The number of hydrogen-bond acceptors (Lipinski definition) is 6. The molecular formula is C21H25F3N6O3. The molecule has 3 heterocycles. The summed E-state index contributed by atoms with van der Waals surface area (Å²) < 4.78 is 41.5. The van der Waals surface area contributed by atoms with E-state index in [1.165, 1.54) is 16.8 Å². The molecule has 1 aromatic carbocycles. The third-order valence-electron chi connectivity index (χ3n) is 5.14. The molecule has 1 aliphatic rings. The fourth-order valence-electron chi connectivity index (χ4n) is 3.54. The minimum Gasteiger partial charge on any atom is -0.475 e. The number of nitrogens with zero attached hydrogens (tertiary/aromatic N) is 6. The lowest BCUT2D eigenvalue weighted by Crippen LogP contribution is -2.38. The predicted octanol–water partition coefficient (Wildman–Crippen LogP) is 2.50. The maximum absolute atomic E-state index is 10.6. The number of benzene rings is 1. The molecule has 0 saturated carbocycles. The molecule has 178 valence electrons. The summed E-state index contributed by atoms with van der Waals surface area (Å²) in [5, 5.41) is 20.1. The smallest absolute Gasteiger partial charge is 0.475 e. The first-order valence-corrected chi connectivity index (χ1v) is 10.2. The summed E-state index contributed by atoms with van der Waals surface area (Å²) in [6.45, 7) is 3.00. The summed E-state index contributed by atoms with van der Waals surface area (Å²) >= 11 is 0. The van der Waals surface area contributed by atoms with Crippen molar-refractivity contribution in [3.63, 3.8) is 0 Å². The van der Waals surface area contributed by atoms with Gasteiger partial charge in [0.1, 0.15) is 5.69 Å². The Balaban J connectivity index is 0.000000383. The van der Waals surface area contributed by atoms with Gasteiger partial charge in [-0.05, 0) is 5.56 Å². The summed E-state index contributed by atoms with van der Waals surface area (Å²) in [5.41, 5.74) is 4.63. The number of hydrogen-bond donors (Lipinski definition) is 1. The number of aromatic nitrogens is 5. The van der Waals surface area contributed by atoms with E-state index in [0.717, 1.165) is 25.2 Å². The van der Waals surface area contributed by atoms with Crippen molar-refractivity contribution in [2.24, 2.45) is 14.1 Å². The van der Waals surface area contributed by atoms with Gasteiger partial charge in [0.2, 0.25) is 0 Å². The van der Waals surface area contributed by atoms with Crippen LogP contribution in [-0.4, -0.2) is 60.1 Å². The van der Waals surface area contributed by atoms with Crippen LogP contribution < -0.4 is 0 Å². The fraction of sp³-hybridized carbons (Fsp3) is 0.429. The van der Waals surface area contributed by atoms with E-state index in [1.54, 1.807) is 0 Å². The van der Waals surface area contributed by atoms with Gasteiger partial charge >= 0.3 is 12.1 Å². The zero-order valence-corrected chi connectivity index (χ0v) is 18.2. The van der Waals surface area contributed by atoms with Crippen molar-refractivity contribution < 1.29 is 27.8 Å². The Morgan fingerprint density at radius 1 is 1.21 bits per heavy atom. The molecule has 9 nitrogen and oxygen atoms in total. The van der Waals surface area contributed by atoms with Crippen molar-refractivity contribution in [1.82, 2.24) is 29.7 Å². The monoisotopic (exact) mass is 466 g/mol. The van der Waals surface area contributed by atoms with Gasteiger partial charge in [0.05, 0.1) is 31.1 Å². The molecule has 3 aromatic rings. The van der Waals surface area contributed by atoms with Crippen LogP contribution in [0, 0.1) is 0 Å². The molecule has 0 fully saturated rings. The van der Waals surface area contributed by atoms with Crippen LogP contribution in [-0.2, 0) is 43.2 Å². The minimum atomic E-state index is -5.08. The van der Waals surface area contributed by atoms with Crippen LogP contribution in [0.15, 0.2) is 42.7 Å². The molecule has 2 aromatic heterocycles. The molecule has 4 rings (SSSR count). The first-order chi connectivity index (χ1) is 15.6. The van der Waals surface area contributed by atoms with Gasteiger partial charge in [-0.2, -0.15) is 18.3 Å². The van der Waals surface area contributed by atoms with Gasteiger partial charge < -0.3 is 9.84 Å². The maximum atomic E-state index is 10.6. The van der Waals surface area contributed by atoms with Crippen molar-refractivity contribution >= 4 is 5.97 Å². The van der Waals surface area contributed by atoms with Gasteiger partial charge in [0.15, 0.2) is 0 Å². The van der Waals surface area contributed by atoms with E-state index < -0.39 is 12.1 Å². The number of alkyl halides is 3. The van der Waals surface area contributed by atoms with E-state index in [-0.39, 0.29) is 6.04 Å². The third-order valence-corrected chi connectivity index (χ3v) is 5.14. The number of fused-ring (bicyclic) bond motifs is 1. The van der Waals surface area contributed by atoms with E-state index in [0.29, 0.717) is 13.2 Å². The highest BCUT2D eigenvalue weighted by atomic mass is 19.4. The van der Waals surface area contributed by atoms with Crippen molar-refractivity contribution in [3.8, 4) is 0 Å². The predicted molar refractivity (Wildman–Crippen MR) is 111 cm³/mol. The SMILES string of the molecule is Cn1cc(CN2CCc3c(nnn3C)C2COCc2ccccc2)cn1.O=C(O)C(F)(F)F. The lowest BCUT2D eigenvalue weighted by Gasteiger charge is -2.34. The lowest BCUT2D eigenvalue weighted by atomic mass is 10.0. The molecule has 0 aliphatic carbocycles. The van der Waals surface area contributed by atoms with Crippen LogP contribution in [0.5, 0.6) is 0 Å². The summed E-state index contributed by atoms with van der Waals surface area (Å²) in [7, 11) is 3.91. The van der Waals surface area contributed by atoms with Gasteiger partial charge in [-0.15, -0.1) is 5.10 Å². The first kappa shape index (κ1) is 24.4. The second kappa shape index (κ2) is 10.6. The normalized spacial score (nSPS) is 16.1. The Morgan fingerprint density at radius 2 is 1.91 bits per heavy atom. The number of carbonyl (C=O) groups is 1. The standard InChI is InChI=1S/C19H24N6O.C2HF3O2/c1-23-11-16(10-20-23)12-25-9-8-17-19(21-22-24(17)2)18(25)14-26-13-15-6-4-3-5-7-15;3-2(4,5)1(6)7/h3-7,10-11,18H,8-9,12-14H2,1-2H3;(H,6,7). The summed E-state index contributed by atoms with van der Waals surface area (Å²) in [4.78, 5) is 11.3. The van der Waals surface area contributed by atoms with Crippen LogP contribution in [0.3, 0.4) is 0 Å². The lowest BCUT2D eigenvalue weighted by molar-refractivity contribution is -0.192. The van der Waals surface area contributed by atoms with E-state index in [9.17, 15) is 13.2 Å². The largest absolute Gasteiger partial charge is 0.490 e. The minimum absolute atomic E-state index is 0.108. The zero-order chi connectivity index (χ0) is 24.0. The first-order valence-electron chi connectivity index (χ1n) is 10.2. The van der Waals surface area contributed by atoms with Crippen molar-refractivity contribution in [1.29, 1.82) is 0 Å². The number of rotatable bonds is 6. The molecule has 0 bridgehead atoms. The fourth-order valence-corrected chi connectivity index (χ4v) is 3.54. The molecule has 12 heteroatoms. The molecule has 0 spiro atoms. The molecule has 1 atom stereocenters. The Morgan fingerprint density at radius 3 is 2.52 bits per heavy atom. The van der Waals surface area contributed by atoms with Crippen LogP contribution >= 0.6 is 0 Å². The summed E-state index contributed by atoms with van der Waals surface area (Å²) in [6, 6.07) is 10.4. The second-order valence-electron chi connectivity index (χ2n) is 7.61. The second-order valence-corrected chi connectivity index (χ2v) is 7.61. The summed E-state index contributed by atoms with van der Waals surface area (Å²) in [6.07, 6.45) is -0.142. The molecular weight excluding hydrogens is 441 g/mol. The quantitative estimate of drug-likeness (QED) is 0.596. The number of carboxylic acid groups (broad SMARTS) is 1. The van der Waals surface area contributed by atoms with Crippen molar-refractivity contribution in [2.75, 3.05) is 13.2 Å². The zero-order valence-electron chi connectivity index (χ0n) is 18.2. The number of ether oxygens (including phenoxy) is 1. The van der Waals surface area contributed by atoms with Crippen LogP contribution in [0.4, 0.5) is 13.2 Å². The van der Waals surface area contributed by atoms with Crippen LogP contribution in [0.25, 0.3) is 0 Å². The van der Waals surface area contributed by atoms with Gasteiger partial charge in [0.25, 0.3) is 0 Å². The van der Waals surface area contributed by atoms with Gasteiger partial charge in [0, 0.05) is 45.4 Å². The molecule has 0 amide bonds. The topological polar surface area (TPSA) is 98.3 Å². The average Bonchev–Trinajstić information content (AvgIpc) is 3.35. The van der Waals surface area contributed by atoms with E-state index in [4.69, 9.17) is 14.6 Å². The van der Waals surface area contributed by atoms with E-state index in [2.05, 4.69) is 38.6 Å². The highest BCUT2D eigenvalue weighted by molar-refractivity contribution is 5.73. The average molecular weight is 466 g/mol. The number of aryl methyl sites for hydroxylation is 2. The van der Waals surface area contributed by atoms with Gasteiger partial charge in [-0.1, -0.05) is 35.5 Å². The molecule has 1 aliphatic heterocycles. The number of carboxylic acids is 1. The molecule has 33 heavy (non-hydrogen) atoms. The Kier molecular flexibility index (Phi) is 7.82. The number of aliphatic carboxylic acids is 1. The Hall–Kier alpha value is -3.25. The van der Waals surface area contributed by atoms with Gasteiger partial charge in [-0.3, -0.25) is 14.3 Å². The van der Waals surface area contributed by atoms with Crippen molar-refractivity contribution in [3.05, 3.63) is 65.2 Å².